The molecule has 2 unspecified atom stereocenters. The lowest BCUT2D eigenvalue weighted by molar-refractivity contribution is 0.0535. The van der Waals surface area contributed by atoms with Crippen LogP contribution in [0, 0.1) is 0 Å². The maximum atomic E-state index is 10.7. The fourth-order valence-corrected chi connectivity index (χ4v) is 2.63. The molecule has 0 spiro atoms. The van der Waals surface area contributed by atoms with Crippen molar-refractivity contribution in [1.29, 1.82) is 0 Å². The lowest BCUT2D eigenvalue weighted by Gasteiger charge is -2.26. The number of nitrogens with zero attached hydrogens (tertiary/aromatic N) is 3. The van der Waals surface area contributed by atoms with Crippen molar-refractivity contribution in [2.75, 3.05) is 25.5 Å². The second kappa shape index (κ2) is 7.15. The van der Waals surface area contributed by atoms with E-state index < -0.39 is 5.60 Å². The molecule has 0 saturated carbocycles. The van der Waals surface area contributed by atoms with Gasteiger partial charge >= 0.3 is 0 Å². The fraction of sp³-hybridized carbons (Fsp3) is 0.500. The van der Waals surface area contributed by atoms with Gasteiger partial charge in [0.05, 0.1) is 6.20 Å². The van der Waals surface area contributed by atoms with Crippen LogP contribution in [0.3, 0.4) is 0 Å². The highest BCUT2D eigenvalue weighted by molar-refractivity contribution is 5.46. The Labute approximate surface area is 138 Å². The topological polar surface area (TPSA) is 53.3 Å². The van der Waals surface area contributed by atoms with Gasteiger partial charge in [0, 0.05) is 51.2 Å². The minimum atomic E-state index is -0.939. The number of rotatable bonds is 7. The van der Waals surface area contributed by atoms with E-state index >= 15 is 0 Å². The molecule has 126 valence electrons. The number of aryl methyl sites for hydroxylation is 1. The molecule has 0 aliphatic heterocycles. The zero-order valence-corrected chi connectivity index (χ0v) is 14.7. The van der Waals surface area contributed by atoms with Crippen molar-refractivity contribution in [2.24, 2.45) is 7.05 Å². The van der Waals surface area contributed by atoms with Crippen LogP contribution >= 0.6 is 0 Å². The van der Waals surface area contributed by atoms with Crippen molar-refractivity contribution in [3.05, 3.63) is 47.8 Å². The van der Waals surface area contributed by atoms with E-state index in [1.807, 2.05) is 34.3 Å². The molecule has 1 heterocycles. The summed E-state index contributed by atoms with van der Waals surface area (Å²) >= 11 is 0. The predicted octanol–water partition coefficient (Wildman–Crippen LogP) is 2.43. The van der Waals surface area contributed by atoms with Gasteiger partial charge < -0.3 is 15.3 Å². The molecule has 5 heteroatoms. The molecule has 0 fully saturated rings. The molecule has 5 nitrogen and oxygen atoms in total. The van der Waals surface area contributed by atoms with Gasteiger partial charge in [-0.25, -0.2) is 0 Å². The molecule has 23 heavy (non-hydrogen) atoms. The average molecular weight is 316 g/mol. The van der Waals surface area contributed by atoms with E-state index in [4.69, 9.17) is 0 Å². The van der Waals surface area contributed by atoms with Gasteiger partial charge in [-0.15, -0.1) is 0 Å². The lowest BCUT2D eigenvalue weighted by atomic mass is 9.97. The number of hydrogen-bond donors (Lipinski definition) is 2. The van der Waals surface area contributed by atoms with E-state index in [0.29, 0.717) is 6.54 Å². The summed E-state index contributed by atoms with van der Waals surface area (Å²) in [6, 6.07) is 8.76. The number of aliphatic hydroxyl groups is 1. The van der Waals surface area contributed by atoms with Crippen molar-refractivity contribution in [3.8, 4) is 0 Å². The molecule has 2 atom stereocenters. The van der Waals surface area contributed by atoms with E-state index in [1.54, 1.807) is 10.9 Å². The zero-order chi connectivity index (χ0) is 17.0. The molecule has 0 bridgehead atoms. The summed E-state index contributed by atoms with van der Waals surface area (Å²) < 4.78 is 1.71. The SMILES string of the molecule is CCC(NCC(C)(O)c1cnn(C)c1)c1ccc(N(C)C)cc1. The van der Waals surface area contributed by atoms with Crippen LogP contribution in [0.5, 0.6) is 0 Å². The third-order valence-electron chi connectivity index (χ3n) is 4.24. The minimum Gasteiger partial charge on any atom is -0.384 e. The van der Waals surface area contributed by atoms with Gasteiger partial charge in [-0.1, -0.05) is 19.1 Å². The largest absolute Gasteiger partial charge is 0.384 e. The molecule has 0 amide bonds. The number of aromatic nitrogens is 2. The Balaban J connectivity index is 2.04. The molecule has 1 aromatic carbocycles. The minimum absolute atomic E-state index is 0.217. The molecule has 0 radical (unpaired) electrons. The lowest BCUT2D eigenvalue weighted by Crippen LogP contribution is -2.37. The Morgan fingerprint density at radius 2 is 1.96 bits per heavy atom. The van der Waals surface area contributed by atoms with Crippen molar-refractivity contribution >= 4 is 5.69 Å². The maximum Gasteiger partial charge on any atom is 0.102 e. The van der Waals surface area contributed by atoms with Crippen LogP contribution < -0.4 is 10.2 Å². The number of anilines is 1. The summed E-state index contributed by atoms with van der Waals surface area (Å²) in [7, 11) is 5.93. The Hall–Kier alpha value is -1.85. The van der Waals surface area contributed by atoms with Crippen molar-refractivity contribution < 1.29 is 5.11 Å². The summed E-state index contributed by atoms with van der Waals surface area (Å²) in [5, 5.41) is 18.3. The molecular weight excluding hydrogens is 288 g/mol. The van der Waals surface area contributed by atoms with Crippen LogP contribution in [0.1, 0.15) is 37.4 Å². The number of hydrogen-bond acceptors (Lipinski definition) is 4. The van der Waals surface area contributed by atoms with Gasteiger partial charge in [-0.3, -0.25) is 4.68 Å². The first-order valence-corrected chi connectivity index (χ1v) is 8.05. The van der Waals surface area contributed by atoms with Gasteiger partial charge in [-0.2, -0.15) is 5.10 Å². The molecule has 2 rings (SSSR count). The summed E-state index contributed by atoms with van der Waals surface area (Å²) in [5.41, 5.74) is 2.31. The molecule has 0 aliphatic rings. The average Bonchev–Trinajstić information content (AvgIpc) is 2.96. The van der Waals surface area contributed by atoms with Crippen molar-refractivity contribution in [3.63, 3.8) is 0 Å². The van der Waals surface area contributed by atoms with Gasteiger partial charge in [0.1, 0.15) is 5.60 Å². The van der Waals surface area contributed by atoms with E-state index in [2.05, 4.69) is 46.5 Å². The fourth-order valence-electron chi connectivity index (χ4n) is 2.63. The van der Waals surface area contributed by atoms with Crippen LogP contribution in [0.2, 0.25) is 0 Å². The highest BCUT2D eigenvalue weighted by atomic mass is 16.3. The quantitative estimate of drug-likeness (QED) is 0.824. The third kappa shape index (κ3) is 4.33. The van der Waals surface area contributed by atoms with Gasteiger partial charge in [0.15, 0.2) is 0 Å². The molecule has 2 aromatic rings. The first-order valence-electron chi connectivity index (χ1n) is 8.05. The van der Waals surface area contributed by atoms with Crippen LogP contribution in [0.25, 0.3) is 0 Å². The Morgan fingerprint density at radius 3 is 2.43 bits per heavy atom. The summed E-state index contributed by atoms with van der Waals surface area (Å²) in [5.74, 6) is 0. The van der Waals surface area contributed by atoms with E-state index in [1.165, 1.54) is 11.3 Å². The second-order valence-electron chi connectivity index (χ2n) is 6.50. The van der Waals surface area contributed by atoms with E-state index in [9.17, 15) is 5.11 Å². The monoisotopic (exact) mass is 316 g/mol. The molecule has 2 N–H and O–H groups in total. The van der Waals surface area contributed by atoms with Gasteiger partial charge in [0.25, 0.3) is 0 Å². The highest BCUT2D eigenvalue weighted by Crippen LogP contribution is 2.23. The normalized spacial score (nSPS) is 15.2. The third-order valence-corrected chi connectivity index (χ3v) is 4.24. The van der Waals surface area contributed by atoms with Crippen molar-refractivity contribution in [1.82, 2.24) is 15.1 Å². The Bertz CT molecular complexity index is 616. The molecule has 1 aromatic heterocycles. The van der Waals surface area contributed by atoms with Gasteiger partial charge in [-0.05, 0) is 31.0 Å². The van der Waals surface area contributed by atoms with Crippen LogP contribution in [0.4, 0.5) is 5.69 Å². The molecule has 0 saturated heterocycles. The smallest absolute Gasteiger partial charge is 0.102 e. The molecule has 0 aliphatic carbocycles. The molecular formula is C18H28N4O. The standard InChI is InChI=1S/C18H28N4O/c1-6-17(14-7-9-16(10-8-14)21(3)4)19-13-18(2,23)15-11-20-22(5)12-15/h7-12,17,19,23H,6,13H2,1-5H3. The summed E-state index contributed by atoms with van der Waals surface area (Å²) in [6.07, 6.45) is 4.54. The van der Waals surface area contributed by atoms with Crippen molar-refractivity contribution in [2.45, 2.75) is 31.9 Å². The second-order valence-corrected chi connectivity index (χ2v) is 6.50. The van der Waals surface area contributed by atoms with Gasteiger partial charge in [0.2, 0.25) is 0 Å². The Morgan fingerprint density at radius 1 is 1.30 bits per heavy atom. The highest BCUT2D eigenvalue weighted by Gasteiger charge is 2.25. The maximum absolute atomic E-state index is 10.7. The Kier molecular flexibility index (Phi) is 5.44. The zero-order valence-electron chi connectivity index (χ0n) is 14.7. The van der Waals surface area contributed by atoms with E-state index in [0.717, 1.165) is 12.0 Å². The number of benzene rings is 1. The predicted molar refractivity (Wildman–Crippen MR) is 94.6 cm³/mol. The van der Waals surface area contributed by atoms with E-state index in [-0.39, 0.29) is 6.04 Å². The first-order chi connectivity index (χ1) is 10.8. The number of nitrogens with one attached hydrogen (secondary N) is 1. The summed E-state index contributed by atoms with van der Waals surface area (Å²) in [4.78, 5) is 2.09. The van der Waals surface area contributed by atoms with Crippen LogP contribution in [0.15, 0.2) is 36.7 Å². The van der Waals surface area contributed by atoms with Crippen LogP contribution in [-0.4, -0.2) is 35.5 Å². The summed E-state index contributed by atoms with van der Waals surface area (Å²) in [6.45, 7) is 4.45. The first kappa shape index (κ1) is 17.5. The van der Waals surface area contributed by atoms with Crippen LogP contribution in [-0.2, 0) is 12.6 Å².